The number of rotatable bonds is 1. The minimum absolute atomic E-state index is 0.0851. The molecule has 0 saturated carbocycles. The average Bonchev–Trinajstić information content (AvgIpc) is 2.80. The Morgan fingerprint density at radius 3 is 2.89 bits per heavy atom. The van der Waals surface area contributed by atoms with E-state index in [1.807, 2.05) is 0 Å². The summed E-state index contributed by atoms with van der Waals surface area (Å²) in [5.41, 5.74) is 0.975. The number of hydrogen-bond acceptors (Lipinski definition) is 5. The van der Waals surface area contributed by atoms with Gasteiger partial charge in [-0.05, 0) is 23.9 Å². The van der Waals surface area contributed by atoms with Crippen LogP contribution < -0.4 is 0 Å². The lowest BCUT2D eigenvalue weighted by Gasteiger charge is -2.14. The first kappa shape index (κ1) is 11.2. The van der Waals surface area contributed by atoms with Gasteiger partial charge in [0.15, 0.2) is 3.95 Å². The van der Waals surface area contributed by atoms with E-state index >= 15 is 0 Å². The van der Waals surface area contributed by atoms with Gasteiger partial charge in [0.25, 0.3) is 0 Å². The molecule has 90 valence electrons. The molecule has 0 bridgehead atoms. The number of thiazole rings is 1. The Labute approximate surface area is 110 Å². The monoisotopic (exact) mass is 278 g/mol. The molecule has 0 saturated heterocycles. The number of amides is 1. The Hall–Kier alpha value is -1.86. The van der Waals surface area contributed by atoms with E-state index in [4.69, 9.17) is 12.2 Å². The molecular weight excluding hydrogens is 272 g/mol. The van der Waals surface area contributed by atoms with Crippen LogP contribution in [-0.4, -0.2) is 27.5 Å². The Bertz CT molecular complexity index is 721. The van der Waals surface area contributed by atoms with E-state index in [0.717, 1.165) is 11.3 Å². The largest absolute Gasteiger partial charge is 0.494 e. The number of ketones is 1. The van der Waals surface area contributed by atoms with Gasteiger partial charge in [0.1, 0.15) is 0 Å². The fourth-order valence-electron chi connectivity index (χ4n) is 2.00. The normalized spacial score (nSPS) is 21.9. The molecule has 0 radical (unpaired) electrons. The molecular formula is C11H6N2O3S2. The molecule has 0 spiro atoms. The van der Waals surface area contributed by atoms with Crippen molar-refractivity contribution in [1.29, 1.82) is 0 Å². The van der Waals surface area contributed by atoms with Crippen LogP contribution in [0.1, 0.15) is 4.88 Å². The maximum Gasteiger partial charge on any atom is 0.314 e. The van der Waals surface area contributed by atoms with Crippen molar-refractivity contribution in [3.8, 4) is 5.88 Å². The average molecular weight is 278 g/mol. The molecule has 5 nitrogen and oxygen atoms in total. The van der Waals surface area contributed by atoms with E-state index < -0.39 is 17.6 Å². The number of nitrogens with zero attached hydrogens (tertiary/aromatic N) is 1. The molecule has 1 unspecified atom stereocenters. The molecule has 18 heavy (non-hydrogen) atoms. The summed E-state index contributed by atoms with van der Waals surface area (Å²) in [7, 11) is 0. The first-order valence-corrected chi connectivity index (χ1v) is 6.28. The van der Waals surface area contributed by atoms with Crippen LogP contribution in [-0.2, 0) is 9.59 Å². The Kier molecular flexibility index (Phi) is 2.39. The number of carbonyl (C=O) groups is 2. The lowest BCUT2D eigenvalue weighted by molar-refractivity contribution is -0.135. The minimum Gasteiger partial charge on any atom is -0.494 e. The van der Waals surface area contributed by atoms with Crippen LogP contribution in [0.15, 0.2) is 23.2 Å². The Morgan fingerprint density at radius 1 is 1.44 bits per heavy atom. The first-order valence-electron chi connectivity index (χ1n) is 5.05. The van der Waals surface area contributed by atoms with Gasteiger partial charge in [-0.15, -0.1) is 11.3 Å². The third kappa shape index (κ3) is 1.52. The van der Waals surface area contributed by atoms with Crippen LogP contribution >= 0.6 is 23.6 Å². The number of aromatic amines is 1. The van der Waals surface area contributed by atoms with Gasteiger partial charge in [0.2, 0.25) is 11.7 Å². The number of hydrogen-bond donors (Lipinski definition) is 2. The van der Waals surface area contributed by atoms with E-state index in [0.29, 0.717) is 20.1 Å². The predicted molar refractivity (Wildman–Crippen MR) is 69.2 cm³/mol. The second kappa shape index (κ2) is 3.82. The highest BCUT2D eigenvalue weighted by Gasteiger charge is 2.40. The van der Waals surface area contributed by atoms with E-state index in [1.54, 1.807) is 18.2 Å². The number of aliphatic imine (C=N–C) groups is 1. The van der Waals surface area contributed by atoms with Gasteiger partial charge < -0.3 is 10.1 Å². The molecule has 3 rings (SSSR count). The van der Waals surface area contributed by atoms with Gasteiger partial charge in [-0.3, -0.25) is 9.59 Å². The van der Waals surface area contributed by atoms with Crippen LogP contribution in [0.25, 0.3) is 5.57 Å². The van der Waals surface area contributed by atoms with Crippen LogP contribution in [0.5, 0.6) is 5.88 Å². The number of Topliss-reactive ketones (excluding diaryl/α,β-unsaturated/α-hetero) is 1. The van der Waals surface area contributed by atoms with Crippen molar-refractivity contribution in [1.82, 2.24) is 4.98 Å². The number of aromatic nitrogens is 1. The fourth-order valence-corrected chi connectivity index (χ4v) is 3.13. The minimum atomic E-state index is -0.744. The van der Waals surface area contributed by atoms with Crippen molar-refractivity contribution in [2.45, 2.75) is 0 Å². The molecule has 1 aromatic heterocycles. The van der Waals surface area contributed by atoms with Gasteiger partial charge in [-0.2, -0.15) is 0 Å². The Balaban J connectivity index is 2.16. The number of fused-ring (bicyclic) bond motifs is 1. The van der Waals surface area contributed by atoms with Gasteiger partial charge in [-0.25, -0.2) is 4.99 Å². The van der Waals surface area contributed by atoms with Crippen LogP contribution in [0.4, 0.5) is 0 Å². The van der Waals surface area contributed by atoms with Crippen molar-refractivity contribution in [2.24, 2.45) is 10.9 Å². The summed E-state index contributed by atoms with van der Waals surface area (Å²) in [6, 6.07) is 0. The molecule has 2 N–H and O–H groups in total. The lowest BCUT2D eigenvalue weighted by Crippen LogP contribution is -2.22. The van der Waals surface area contributed by atoms with E-state index in [-0.39, 0.29) is 5.88 Å². The van der Waals surface area contributed by atoms with E-state index in [9.17, 15) is 14.7 Å². The number of H-pyrrole nitrogens is 1. The maximum atomic E-state index is 11.8. The smallest absolute Gasteiger partial charge is 0.314 e. The summed E-state index contributed by atoms with van der Waals surface area (Å²) in [5.74, 6) is -2.11. The zero-order valence-corrected chi connectivity index (χ0v) is 10.5. The number of carbonyl (C=O) groups excluding carboxylic acids is 2. The van der Waals surface area contributed by atoms with Gasteiger partial charge >= 0.3 is 5.91 Å². The lowest BCUT2D eigenvalue weighted by atomic mass is 9.87. The van der Waals surface area contributed by atoms with Crippen molar-refractivity contribution in [3.05, 3.63) is 27.1 Å². The number of nitrogens with one attached hydrogen (secondary N) is 1. The SMILES string of the molecule is O=C1N=C2C=CC=C(c3sc(=S)[nH]c3O)C2C1=O. The second-order valence-corrected chi connectivity index (χ2v) is 5.50. The molecule has 0 fully saturated rings. The van der Waals surface area contributed by atoms with E-state index in [2.05, 4.69) is 9.98 Å². The number of allylic oxidation sites excluding steroid dienone is 4. The highest BCUT2D eigenvalue weighted by Crippen LogP contribution is 2.38. The molecule has 7 heteroatoms. The Morgan fingerprint density at radius 2 is 2.22 bits per heavy atom. The molecule has 1 aliphatic carbocycles. The van der Waals surface area contributed by atoms with Crippen molar-refractivity contribution in [2.75, 3.05) is 0 Å². The summed E-state index contributed by atoms with van der Waals surface area (Å²) in [5, 5.41) is 9.74. The summed E-state index contributed by atoms with van der Waals surface area (Å²) in [6.07, 6.45) is 5.01. The molecule has 1 aliphatic heterocycles. The molecule has 2 heterocycles. The standard InChI is InChI=1S/C11H6N2O3S2/c14-7-6-4(8-10(16)13-11(17)18-8)2-1-3-5(6)12-9(7)15/h1-3,6,16H,(H,13,17). The number of aromatic hydroxyl groups is 1. The quantitative estimate of drug-likeness (QED) is 0.604. The van der Waals surface area contributed by atoms with Crippen molar-refractivity contribution < 1.29 is 14.7 Å². The summed E-state index contributed by atoms with van der Waals surface area (Å²) < 4.78 is 0.410. The van der Waals surface area contributed by atoms with Crippen molar-refractivity contribution >= 4 is 46.5 Å². The van der Waals surface area contributed by atoms with Gasteiger partial charge in [0, 0.05) is 0 Å². The fraction of sp³-hybridized carbons (Fsp3) is 0.0909. The summed E-state index contributed by atoms with van der Waals surface area (Å²) >= 11 is 6.10. The van der Waals surface area contributed by atoms with Crippen LogP contribution in [0, 0.1) is 9.87 Å². The molecule has 1 aromatic rings. The maximum absolute atomic E-state index is 11.8. The van der Waals surface area contributed by atoms with Crippen LogP contribution in [0.3, 0.4) is 0 Å². The highest BCUT2D eigenvalue weighted by atomic mass is 32.1. The molecule has 1 amide bonds. The highest BCUT2D eigenvalue weighted by molar-refractivity contribution is 7.73. The topological polar surface area (TPSA) is 82.5 Å². The zero-order chi connectivity index (χ0) is 12.9. The van der Waals surface area contributed by atoms with E-state index in [1.165, 1.54) is 0 Å². The summed E-state index contributed by atoms with van der Waals surface area (Å²) in [6.45, 7) is 0. The second-order valence-electron chi connectivity index (χ2n) is 3.81. The van der Waals surface area contributed by atoms with Crippen LogP contribution in [0.2, 0.25) is 0 Å². The van der Waals surface area contributed by atoms with Gasteiger partial charge in [0.05, 0.1) is 16.5 Å². The van der Waals surface area contributed by atoms with Gasteiger partial charge in [-0.1, -0.05) is 12.2 Å². The zero-order valence-electron chi connectivity index (χ0n) is 8.84. The molecule has 2 aliphatic rings. The third-order valence-corrected chi connectivity index (χ3v) is 4.02. The third-order valence-electron chi connectivity index (χ3n) is 2.75. The predicted octanol–water partition coefficient (Wildman–Crippen LogP) is 1.63. The first-order chi connectivity index (χ1) is 8.58. The van der Waals surface area contributed by atoms with Crippen molar-refractivity contribution in [3.63, 3.8) is 0 Å². The molecule has 0 aromatic carbocycles. The molecule has 1 atom stereocenters. The summed E-state index contributed by atoms with van der Waals surface area (Å²) in [4.78, 5) is 29.9.